The van der Waals surface area contributed by atoms with Gasteiger partial charge < -0.3 is 24.3 Å². The summed E-state index contributed by atoms with van der Waals surface area (Å²) in [4.78, 5) is 36.0. The molecule has 0 aliphatic carbocycles. The lowest BCUT2D eigenvalue weighted by molar-refractivity contribution is -0.111. The van der Waals surface area contributed by atoms with Crippen LogP contribution in [0.2, 0.25) is 0 Å². The molecular weight excluding hydrogens is 366 g/mol. The summed E-state index contributed by atoms with van der Waals surface area (Å²) in [5.74, 6) is -0.496. The van der Waals surface area contributed by atoms with Gasteiger partial charge in [-0.3, -0.25) is 4.79 Å². The largest absolute Gasteiger partial charge is 0.465 e. The molecule has 1 aliphatic heterocycles. The summed E-state index contributed by atoms with van der Waals surface area (Å²) in [5.41, 5.74) is 1.16. The van der Waals surface area contributed by atoms with Crippen LogP contribution < -0.4 is 14.8 Å². The van der Waals surface area contributed by atoms with Crippen LogP contribution in [0.15, 0.2) is 42.5 Å². The van der Waals surface area contributed by atoms with Crippen LogP contribution in [0.3, 0.4) is 0 Å². The summed E-state index contributed by atoms with van der Waals surface area (Å²) in [6.45, 7) is 0.163. The summed E-state index contributed by atoms with van der Waals surface area (Å²) in [7, 11) is 2.46. The minimum absolute atomic E-state index is 0.111. The lowest BCUT2D eigenvalue weighted by Gasteiger charge is -2.10. The van der Waals surface area contributed by atoms with Gasteiger partial charge in [0.15, 0.2) is 11.5 Å². The van der Waals surface area contributed by atoms with E-state index in [1.807, 2.05) is 0 Å². The highest BCUT2D eigenvalue weighted by Crippen LogP contribution is 2.32. The molecule has 3 rings (SSSR count). The first-order valence-electron chi connectivity index (χ1n) is 8.21. The van der Waals surface area contributed by atoms with E-state index in [1.165, 1.54) is 38.5 Å². The van der Waals surface area contributed by atoms with Crippen molar-refractivity contribution in [1.82, 2.24) is 0 Å². The average Bonchev–Trinajstić information content (AvgIpc) is 3.19. The van der Waals surface area contributed by atoms with Crippen LogP contribution >= 0.6 is 0 Å². The molecule has 28 heavy (non-hydrogen) atoms. The van der Waals surface area contributed by atoms with Crippen molar-refractivity contribution in [1.29, 1.82) is 0 Å². The monoisotopic (exact) mass is 383 g/mol. The highest BCUT2D eigenvalue weighted by Gasteiger charge is 2.17. The predicted molar refractivity (Wildman–Crippen MR) is 99.3 cm³/mol. The zero-order chi connectivity index (χ0) is 20.1. The Hall–Kier alpha value is -3.81. The number of nitrogens with one attached hydrogen (secondary N) is 1. The Morgan fingerprint density at radius 3 is 2.46 bits per heavy atom. The maximum absolute atomic E-state index is 12.3. The molecule has 0 saturated carbocycles. The number of hydrogen-bond donors (Lipinski definition) is 1. The second kappa shape index (κ2) is 8.26. The van der Waals surface area contributed by atoms with E-state index in [2.05, 4.69) is 10.1 Å². The Bertz CT molecular complexity index is 965. The maximum atomic E-state index is 12.3. The van der Waals surface area contributed by atoms with Crippen molar-refractivity contribution >= 4 is 29.6 Å². The summed E-state index contributed by atoms with van der Waals surface area (Å²) in [6, 6.07) is 9.41. The number of benzene rings is 2. The normalized spacial score (nSPS) is 11.9. The van der Waals surface area contributed by atoms with Crippen molar-refractivity contribution in [3.05, 3.63) is 59.2 Å². The highest BCUT2D eigenvalue weighted by molar-refractivity contribution is 6.07. The minimum Gasteiger partial charge on any atom is -0.465 e. The topological polar surface area (TPSA) is 100 Å². The number of carbonyl (C=O) groups is 3. The van der Waals surface area contributed by atoms with Crippen molar-refractivity contribution in [3.8, 4) is 11.5 Å². The number of ether oxygens (including phenoxy) is 4. The fourth-order valence-corrected chi connectivity index (χ4v) is 2.54. The van der Waals surface area contributed by atoms with Crippen molar-refractivity contribution in [2.75, 3.05) is 26.3 Å². The zero-order valence-electron chi connectivity index (χ0n) is 15.2. The van der Waals surface area contributed by atoms with E-state index in [9.17, 15) is 14.4 Å². The Labute approximate surface area is 160 Å². The number of fused-ring (bicyclic) bond motifs is 1. The molecule has 0 radical (unpaired) electrons. The third-order valence-corrected chi connectivity index (χ3v) is 3.93. The predicted octanol–water partition coefficient (Wildman–Crippen LogP) is 2.64. The molecule has 144 valence electrons. The van der Waals surface area contributed by atoms with Gasteiger partial charge in [0.1, 0.15) is 0 Å². The molecule has 1 N–H and O–H groups in total. The second-order valence-corrected chi connectivity index (χ2v) is 5.68. The summed E-state index contributed by atoms with van der Waals surface area (Å²) in [6.07, 6.45) is 2.88. The number of carbonyl (C=O) groups excluding carboxylic acids is 3. The van der Waals surface area contributed by atoms with Crippen molar-refractivity contribution in [3.63, 3.8) is 0 Å². The van der Waals surface area contributed by atoms with E-state index in [4.69, 9.17) is 14.2 Å². The van der Waals surface area contributed by atoms with Crippen molar-refractivity contribution < 1.29 is 33.3 Å². The molecule has 2 aromatic rings. The number of esters is 2. The van der Waals surface area contributed by atoms with Crippen molar-refractivity contribution in [2.45, 2.75) is 0 Å². The molecule has 0 atom stereocenters. The van der Waals surface area contributed by atoms with Gasteiger partial charge in [0.05, 0.1) is 31.0 Å². The van der Waals surface area contributed by atoms with E-state index in [0.29, 0.717) is 11.5 Å². The first-order valence-corrected chi connectivity index (χ1v) is 8.21. The quantitative estimate of drug-likeness (QED) is 0.626. The standard InChI is InChI=1S/C20H17NO7/c1-25-19(23)13-5-6-14(20(24)26-2)15(10-13)21-18(22)8-4-12-3-7-16-17(9-12)28-11-27-16/h3-10H,11H2,1-2H3,(H,21,22). The summed E-state index contributed by atoms with van der Waals surface area (Å²) >= 11 is 0. The Kier molecular flexibility index (Phi) is 5.59. The Morgan fingerprint density at radius 1 is 0.964 bits per heavy atom. The molecule has 2 aromatic carbocycles. The van der Waals surface area contributed by atoms with E-state index in [0.717, 1.165) is 5.56 Å². The molecule has 1 aliphatic rings. The number of methoxy groups -OCH3 is 2. The van der Waals surface area contributed by atoms with Crippen molar-refractivity contribution in [2.24, 2.45) is 0 Å². The average molecular weight is 383 g/mol. The van der Waals surface area contributed by atoms with Crippen LogP contribution in [0, 0.1) is 0 Å². The van der Waals surface area contributed by atoms with Gasteiger partial charge in [0, 0.05) is 6.08 Å². The molecule has 1 amide bonds. The fourth-order valence-electron chi connectivity index (χ4n) is 2.54. The fraction of sp³-hybridized carbons (Fsp3) is 0.150. The first kappa shape index (κ1) is 19.0. The van der Waals surface area contributed by atoms with Gasteiger partial charge in [-0.25, -0.2) is 9.59 Å². The van der Waals surface area contributed by atoms with Crippen LogP contribution in [0.25, 0.3) is 6.08 Å². The summed E-state index contributed by atoms with van der Waals surface area (Å²) < 4.78 is 19.9. The third kappa shape index (κ3) is 4.12. The van der Waals surface area contributed by atoms with Gasteiger partial charge in [0.2, 0.25) is 12.7 Å². The van der Waals surface area contributed by atoms with E-state index in [-0.39, 0.29) is 23.6 Å². The molecule has 0 fully saturated rings. The highest BCUT2D eigenvalue weighted by atomic mass is 16.7. The number of hydrogen-bond acceptors (Lipinski definition) is 7. The first-order chi connectivity index (χ1) is 13.5. The maximum Gasteiger partial charge on any atom is 0.339 e. The van der Waals surface area contributed by atoms with E-state index in [1.54, 1.807) is 24.3 Å². The van der Waals surface area contributed by atoms with Gasteiger partial charge in [-0.2, -0.15) is 0 Å². The Morgan fingerprint density at radius 2 is 1.71 bits per heavy atom. The van der Waals surface area contributed by atoms with Crippen LogP contribution in [0.4, 0.5) is 5.69 Å². The molecule has 8 nitrogen and oxygen atoms in total. The SMILES string of the molecule is COC(=O)c1ccc(C(=O)OC)c(NC(=O)C=Cc2ccc3c(c2)OCO3)c1. The molecule has 8 heteroatoms. The van der Waals surface area contributed by atoms with Gasteiger partial charge >= 0.3 is 11.9 Å². The third-order valence-electron chi connectivity index (χ3n) is 3.93. The van der Waals surface area contributed by atoms with Gasteiger partial charge in [0.25, 0.3) is 0 Å². The molecule has 0 aromatic heterocycles. The summed E-state index contributed by atoms with van der Waals surface area (Å²) in [5, 5.41) is 2.58. The molecule has 0 bridgehead atoms. The number of amides is 1. The minimum atomic E-state index is -0.647. The zero-order valence-corrected chi connectivity index (χ0v) is 15.2. The lowest BCUT2D eigenvalue weighted by atomic mass is 10.1. The van der Waals surface area contributed by atoms with Gasteiger partial charge in [-0.15, -0.1) is 0 Å². The van der Waals surface area contributed by atoms with Crippen LogP contribution in [0.5, 0.6) is 11.5 Å². The smallest absolute Gasteiger partial charge is 0.339 e. The van der Waals surface area contributed by atoms with E-state index < -0.39 is 17.8 Å². The lowest BCUT2D eigenvalue weighted by Crippen LogP contribution is -2.14. The Balaban J connectivity index is 1.80. The van der Waals surface area contributed by atoms with Gasteiger partial charge in [-0.05, 0) is 42.0 Å². The molecule has 0 saturated heterocycles. The van der Waals surface area contributed by atoms with Crippen LogP contribution in [-0.4, -0.2) is 38.9 Å². The second-order valence-electron chi connectivity index (χ2n) is 5.68. The molecular formula is C20H17NO7. The number of anilines is 1. The van der Waals surface area contributed by atoms with E-state index >= 15 is 0 Å². The molecule has 0 unspecified atom stereocenters. The van der Waals surface area contributed by atoms with Gasteiger partial charge in [-0.1, -0.05) is 6.07 Å². The molecule has 1 heterocycles. The van der Waals surface area contributed by atoms with Crippen LogP contribution in [0.1, 0.15) is 26.3 Å². The van der Waals surface area contributed by atoms with Crippen LogP contribution in [-0.2, 0) is 14.3 Å². The number of rotatable bonds is 5. The molecule has 0 spiro atoms.